The van der Waals surface area contributed by atoms with E-state index in [1.807, 2.05) is 0 Å². The van der Waals surface area contributed by atoms with E-state index in [1.54, 1.807) is 41.5 Å². The van der Waals surface area contributed by atoms with E-state index < -0.39 is 18.3 Å². The van der Waals surface area contributed by atoms with Gasteiger partial charge in [-0.25, -0.2) is 0 Å². The summed E-state index contributed by atoms with van der Waals surface area (Å²) in [6.45, 7) is 14.2. The maximum Gasteiger partial charge on any atom is 4.00 e. The summed E-state index contributed by atoms with van der Waals surface area (Å²) >= 11 is 0. The molecule has 0 unspecified atom stereocenters. The van der Waals surface area contributed by atoms with Crippen LogP contribution in [0.25, 0.3) is 0 Å². The molecule has 0 saturated heterocycles. The van der Waals surface area contributed by atoms with Crippen molar-refractivity contribution < 1.29 is 37.0 Å². The minimum absolute atomic E-state index is 0. The van der Waals surface area contributed by atoms with Crippen LogP contribution < -0.4 is 21.1 Å². The van der Waals surface area contributed by atoms with Gasteiger partial charge in [0.2, 0.25) is 0 Å². The molecule has 0 amide bonds. The van der Waals surface area contributed by atoms with Gasteiger partial charge in [0.25, 0.3) is 0 Å². The van der Waals surface area contributed by atoms with Gasteiger partial charge in [0, 0.05) is 0 Å². The van der Waals surface area contributed by atoms with E-state index >= 15 is 0 Å². The summed E-state index contributed by atoms with van der Waals surface area (Å²) in [5, 5.41) is 28.6. The van der Waals surface area contributed by atoms with E-state index in [0.29, 0.717) is 0 Å². The van der Waals surface area contributed by atoms with E-state index in [1.165, 1.54) is 12.8 Å². The van der Waals surface area contributed by atoms with Gasteiger partial charge in [0.1, 0.15) is 0 Å². The molecule has 20 heavy (non-hydrogen) atoms. The Morgan fingerprint density at radius 3 is 1.15 bits per heavy atom. The van der Waals surface area contributed by atoms with E-state index in [9.17, 15) is 15.3 Å². The van der Waals surface area contributed by atoms with Crippen molar-refractivity contribution in [1.82, 2.24) is 0 Å². The fourth-order valence-electron chi connectivity index (χ4n) is 0.498. The maximum atomic E-state index is 9.53. The average Bonchev–Trinajstić information content (AvgIpc) is 2.15. The summed E-state index contributed by atoms with van der Waals surface area (Å²) in [5.74, 6) is 0. The van der Waals surface area contributed by atoms with Crippen molar-refractivity contribution in [3.8, 4) is 0 Å². The number of rotatable bonds is 4. The maximum absolute atomic E-state index is 9.53. The SMILES string of the molecule is CC(C)[O-].CC(C)[O-].CC(C)[O-].[CH2-]CCCCCN.[Ti+4]. The third-order valence-electron chi connectivity index (χ3n) is 0.954. The van der Waals surface area contributed by atoms with Crippen LogP contribution in [0.3, 0.4) is 0 Å². The Balaban J connectivity index is -0.0000000512. The Labute approximate surface area is 142 Å². The predicted octanol–water partition coefficient (Wildman–Crippen LogP) is 0.602. The molecule has 0 heterocycles. The van der Waals surface area contributed by atoms with Crippen LogP contribution in [0.15, 0.2) is 0 Å². The monoisotopic (exact) mass is 325 g/mol. The molecular formula is C15H35NO3Ti. The molecule has 0 aliphatic rings. The summed E-state index contributed by atoms with van der Waals surface area (Å²) < 4.78 is 0. The Morgan fingerprint density at radius 2 is 1.00 bits per heavy atom. The largest absolute Gasteiger partial charge is 4.00 e. The normalized spacial score (nSPS) is 8.70. The second kappa shape index (κ2) is 31.8. The molecule has 0 aliphatic carbocycles. The molecule has 0 aromatic rings. The zero-order valence-electron chi connectivity index (χ0n) is 14.3. The van der Waals surface area contributed by atoms with Gasteiger partial charge in [-0.3, -0.25) is 0 Å². The van der Waals surface area contributed by atoms with Crippen molar-refractivity contribution >= 4 is 0 Å². The fraction of sp³-hybridized carbons (Fsp3) is 0.933. The van der Waals surface area contributed by atoms with E-state index in [0.717, 1.165) is 19.4 Å². The first-order chi connectivity index (χ1) is 8.61. The molecule has 0 rings (SSSR count). The number of hydrogen-bond acceptors (Lipinski definition) is 4. The third-order valence-corrected chi connectivity index (χ3v) is 0.954. The van der Waals surface area contributed by atoms with Gasteiger partial charge in [0.15, 0.2) is 0 Å². The van der Waals surface area contributed by atoms with Crippen molar-refractivity contribution in [3.05, 3.63) is 6.92 Å². The quantitative estimate of drug-likeness (QED) is 0.465. The van der Waals surface area contributed by atoms with Gasteiger partial charge in [-0.15, -0.1) is 18.3 Å². The second-order valence-electron chi connectivity index (χ2n) is 4.85. The van der Waals surface area contributed by atoms with Crippen molar-refractivity contribution in [3.63, 3.8) is 0 Å². The zero-order chi connectivity index (χ0) is 16.3. The Kier molecular flexibility index (Phi) is 51.6. The van der Waals surface area contributed by atoms with Crippen molar-refractivity contribution in [2.45, 2.75) is 85.5 Å². The van der Waals surface area contributed by atoms with E-state index in [-0.39, 0.29) is 21.7 Å². The average molecular weight is 325 g/mol. The Morgan fingerprint density at radius 1 is 0.750 bits per heavy atom. The van der Waals surface area contributed by atoms with E-state index in [4.69, 9.17) is 5.73 Å². The molecule has 0 aromatic carbocycles. The first-order valence-corrected chi connectivity index (χ1v) is 7.08. The van der Waals surface area contributed by atoms with Crippen LogP contribution in [0, 0.1) is 6.92 Å². The van der Waals surface area contributed by atoms with Gasteiger partial charge < -0.3 is 28.0 Å². The minimum atomic E-state index is -0.417. The second-order valence-corrected chi connectivity index (χ2v) is 4.85. The smallest absolute Gasteiger partial charge is 0.852 e. The molecule has 0 spiro atoms. The molecule has 0 bridgehead atoms. The predicted molar refractivity (Wildman–Crippen MR) is 78.3 cm³/mol. The Hall–Kier alpha value is 0.554. The van der Waals surface area contributed by atoms with Gasteiger partial charge in [0.05, 0.1) is 0 Å². The van der Waals surface area contributed by atoms with Gasteiger partial charge in [-0.1, -0.05) is 54.4 Å². The van der Waals surface area contributed by atoms with Crippen LogP contribution in [0.4, 0.5) is 0 Å². The summed E-state index contributed by atoms with van der Waals surface area (Å²) in [5.41, 5.74) is 5.25. The summed E-state index contributed by atoms with van der Waals surface area (Å²) in [6.07, 6.45) is 3.45. The summed E-state index contributed by atoms with van der Waals surface area (Å²) in [6, 6.07) is 0. The zero-order valence-corrected chi connectivity index (χ0v) is 15.8. The van der Waals surface area contributed by atoms with Gasteiger partial charge in [-0.2, -0.15) is 6.42 Å². The molecule has 2 N–H and O–H groups in total. The van der Waals surface area contributed by atoms with Crippen molar-refractivity contribution in [2.75, 3.05) is 6.54 Å². The van der Waals surface area contributed by atoms with Crippen LogP contribution in [-0.2, 0) is 21.7 Å². The molecule has 5 heteroatoms. The number of unbranched alkanes of at least 4 members (excludes halogenated alkanes) is 3. The van der Waals surface area contributed by atoms with Crippen LogP contribution >= 0.6 is 0 Å². The summed E-state index contributed by atoms with van der Waals surface area (Å²) in [7, 11) is 0. The first-order valence-electron chi connectivity index (χ1n) is 7.08. The molecule has 0 atom stereocenters. The molecule has 0 radical (unpaired) electrons. The molecule has 0 aliphatic heterocycles. The third kappa shape index (κ3) is 276. The Bertz CT molecular complexity index is 97.2. The number of nitrogens with two attached hydrogens (primary N) is 1. The van der Waals surface area contributed by atoms with Crippen molar-refractivity contribution in [2.24, 2.45) is 5.73 Å². The summed E-state index contributed by atoms with van der Waals surface area (Å²) in [4.78, 5) is 0. The molecule has 0 saturated carbocycles. The van der Waals surface area contributed by atoms with Crippen molar-refractivity contribution in [1.29, 1.82) is 0 Å². The van der Waals surface area contributed by atoms with Crippen LogP contribution in [0.1, 0.15) is 67.2 Å². The van der Waals surface area contributed by atoms with Crippen LogP contribution in [0.2, 0.25) is 0 Å². The molecule has 0 aromatic heterocycles. The molecule has 0 fully saturated rings. The topological polar surface area (TPSA) is 95.2 Å². The van der Waals surface area contributed by atoms with Crippen LogP contribution in [-0.4, -0.2) is 24.9 Å². The molecular weight excluding hydrogens is 290 g/mol. The van der Waals surface area contributed by atoms with Crippen LogP contribution in [0.5, 0.6) is 0 Å². The fourth-order valence-corrected chi connectivity index (χ4v) is 0.498. The number of hydrogen-bond donors (Lipinski definition) is 1. The minimum Gasteiger partial charge on any atom is -0.852 e. The van der Waals surface area contributed by atoms with Gasteiger partial charge >= 0.3 is 21.7 Å². The standard InChI is InChI=1S/C6H14N.3C3H7O.Ti/c1-2-3-4-5-6-7;3*1-3(2)4;/h1-7H2;3*3H,1-2H3;/q4*-1;+4. The molecule has 122 valence electrons. The molecule has 4 nitrogen and oxygen atoms in total. The first kappa shape index (κ1) is 32.5. The van der Waals surface area contributed by atoms with Gasteiger partial charge in [-0.05, 0) is 13.0 Å². The van der Waals surface area contributed by atoms with E-state index in [2.05, 4.69) is 6.92 Å².